The third-order valence-corrected chi connectivity index (χ3v) is 5.62. The van der Waals surface area contributed by atoms with Crippen LogP contribution in [0.2, 0.25) is 0 Å². The fourth-order valence-electron chi connectivity index (χ4n) is 4.17. The largest absolute Gasteiger partial charge is 0.508 e. The Balaban J connectivity index is 0.00000161. The maximum Gasteiger partial charge on any atom is 0.115 e. The van der Waals surface area contributed by atoms with Crippen LogP contribution in [-0.2, 0) is 11.8 Å². The quantitative estimate of drug-likeness (QED) is 0.888. The molecule has 0 radical (unpaired) electrons. The zero-order chi connectivity index (χ0) is 14.3. The van der Waals surface area contributed by atoms with Crippen molar-refractivity contribution in [3.8, 4) is 11.8 Å². The van der Waals surface area contributed by atoms with Crippen LogP contribution in [0.5, 0.6) is 5.75 Å². The lowest BCUT2D eigenvalue weighted by Gasteiger charge is -2.54. The number of phenolic OH excluding ortho intramolecular Hbond substituents is 1. The predicted octanol–water partition coefficient (Wildman–Crippen LogP) is 3.41. The minimum absolute atomic E-state index is 0. The highest BCUT2D eigenvalue weighted by molar-refractivity contribution is 8.93. The number of likely N-dealkylation sites (tertiary alicyclic amines) is 1. The van der Waals surface area contributed by atoms with Crippen molar-refractivity contribution in [3.63, 3.8) is 0 Å². The number of hydrogen-bond acceptors (Lipinski definition) is 3. The van der Waals surface area contributed by atoms with Gasteiger partial charge in [-0.25, -0.2) is 0 Å². The van der Waals surface area contributed by atoms with Gasteiger partial charge in [-0.2, -0.15) is 5.26 Å². The molecule has 1 fully saturated rings. The highest BCUT2D eigenvalue weighted by Crippen LogP contribution is 2.49. The monoisotopic (exact) mass is 350 g/mol. The van der Waals surface area contributed by atoms with Crippen molar-refractivity contribution in [1.29, 1.82) is 5.26 Å². The first kappa shape index (κ1) is 16.3. The molecule has 1 heterocycles. The smallest absolute Gasteiger partial charge is 0.115 e. The zero-order valence-corrected chi connectivity index (χ0v) is 14.4. The van der Waals surface area contributed by atoms with Crippen molar-refractivity contribution in [2.24, 2.45) is 5.92 Å². The van der Waals surface area contributed by atoms with E-state index >= 15 is 0 Å². The number of hydrogen-bond donors (Lipinski definition) is 1. The number of piperidine rings is 1. The molecule has 0 amide bonds. The van der Waals surface area contributed by atoms with E-state index in [4.69, 9.17) is 5.26 Å². The van der Waals surface area contributed by atoms with E-state index in [-0.39, 0.29) is 22.4 Å². The summed E-state index contributed by atoms with van der Waals surface area (Å²) in [5, 5.41) is 18.6. The van der Waals surface area contributed by atoms with Gasteiger partial charge < -0.3 is 5.11 Å². The molecule has 1 aliphatic heterocycles. The molecule has 114 valence electrons. The highest BCUT2D eigenvalue weighted by Gasteiger charge is 2.48. The van der Waals surface area contributed by atoms with Crippen LogP contribution in [0, 0.1) is 17.2 Å². The third kappa shape index (κ3) is 2.58. The molecule has 4 heteroatoms. The van der Waals surface area contributed by atoms with Gasteiger partial charge in [0.1, 0.15) is 5.75 Å². The van der Waals surface area contributed by atoms with Crippen LogP contribution < -0.4 is 0 Å². The van der Waals surface area contributed by atoms with Crippen LogP contribution in [0.25, 0.3) is 0 Å². The van der Waals surface area contributed by atoms with Gasteiger partial charge in [0.2, 0.25) is 0 Å². The molecule has 0 spiro atoms. The number of halogens is 1. The molecule has 1 saturated heterocycles. The van der Waals surface area contributed by atoms with Crippen molar-refractivity contribution in [1.82, 2.24) is 4.90 Å². The fraction of sp³-hybridized carbons (Fsp3) is 0.588. The first-order chi connectivity index (χ1) is 9.56. The molecule has 1 aromatic carbocycles. The summed E-state index contributed by atoms with van der Waals surface area (Å²) in [6.07, 6.45) is 2.76. The van der Waals surface area contributed by atoms with E-state index in [1.165, 1.54) is 11.1 Å². The van der Waals surface area contributed by atoms with Crippen molar-refractivity contribution in [3.05, 3.63) is 29.3 Å². The molecule has 2 unspecified atom stereocenters. The Morgan fingerprint density at radius 3 is 2.95 bits per heavy atom. The van der Waals surface area contributed by atoms with Crippen LogP contribution in [0.3, 0.4) is 0 Å². The molecule has 3 nitrogen and oxygen atoms in total. The number of nitrogens with zero attached hydrogens (tertiary/aromatic N) is 2. The second-order valence-corrected chi connectivity index (χ2v) is 6.51. The Labute approximate surface area is 137 Å². The fourth-order valence-corrected chi connectivity index (χ4v) is 4.17. The van der Waals surface area contributed by atoms with Crippen LogP contribution in [0.1, 0.15) is 37.8 Å². The first-order valence-electron chi connectivity index (χ1n) is 7.49. The van der Waals surface area contributed by atoms with Crippen LogP contribution in [0.4, 0.5) is 0 Å². The van der Waals surface area contributed by atoms with E-state index in [0.29, 0.717) is 24.1 Å². The summed E-state index contributed by atoms with van der Waals surface area (Å²) in [7, 11) is 0. The predicted molar refractivity (Wildman–Crippen MR) is 88.9 cm³/mol. The zero-order valence-electron chi connectivity index (χ0n) is 12.7. The van der Waals surface area contributed by atoms with Gasteiger partial charge in [-0.15, -0.1) is 17.0 Å². The normalized spacial score (nSPS) is 30.9. The summed E-state index contributed by atoms with van der Waals surface area (Å²) in [5.41, 5.74) is 2.86. The standard InChI is InChI=1S/C17H22N2O.BrH/c1-12-16-10-13-4-5-14(20)11-15(13)17(12,2)6-9-19(16)8-3-7-18;/h4-5,11-12,16,20H,3,6,8-10H2,1-2H3;1H/t12-,16?,17?;/m0./s1. The molecule has 1 aromatic rings. The maximum atomic E-state index is 9.81. The minimum atomic E-state index is 0. The Hall–Kier alpha value is -1.05. The van der Waals surface area contributed by atoms with Gasteiger partial charge >= 0.3 is 0 Å². The lowest BCUT2D eigenvalue weighted by atomic mass is 9.59. The molecule has 2 aliphatic rings. The summed E-state index contributed by atoms with van der Waals surface area (Å²) in [6.45, 7) is 6.61. The molecule has 3 rings (SSSR count). The Morgan fingerprint density at radius 2 is 2.24 bits per heavy atom. The van der Waals surface area contributed by atoms with Crippen LogP contribution in [0.15, 0.2) is 18.2 Å². The third-order valence-electron chi connectivity index (χ3n) is 5.62. The van der Waals surface area contributed by atoms with Gasteiger partial charge in [0, 0.05) is 19.0 Å². The second kappa shape index (κ2) is 5.98. The molecule has 0 aromatic heterocycles. The second-order valence-electron chi connectivity index (χ2n) is 6.51. The van der Waals surface area contributed by atoms with Gasteiger partial charge in [-0.1, -0.05) is 19.9 Å². The number of benzene rings is 1. The van der Waals surface area contributed by atoms with Gasteiger partial charge in [0.25, 0.3) is 0 Å². The van der Waals surface area contributed by atoms with Crippen molar-refractivity contribution < 1.29 is 5.11 Å². The summed E-state index contributed by atoms with van der Waals surface area (Å²) in [4.78, 5) is 2.49. The summed E-state index contributed by atoms with van der Waals surface area (Å²) >= 11 is 0. The van der Waals surface area contributed by atoms with Crippen LogP contribution >= 0.6 is 17.0 Å². The maximum absolute atomic E-state index is 9.81. The average molecular weight is 351 g/mol. The average Bonchev–Trinajstić information content (AvgIpc) is 2.43. The number of rotatable bonds is 2. The van der Waals surface area contributed by atoms with Gasteiger partial charge in [0.15, 0.2) is 0 Å². The first-order valence-corrected chi connectivity index (χ1v) is 7.49. The summed E-state index contributed by atoms with van der Waals surface area (Å²) < 4.78 is 0. The molecule has 2 bridgehead atoms. The minimum Gasteiger partial charge on any atom is -0.508 e. The van der Waals surface area contributed by atoms with Crippen molar-refractivity contribution in [2.45, 2.75) is 44.6 Å². The molecule has 0 saturated carbocycles. The van der Waals surface area contributed by atoms with Gasteiger partial charge in [-0.05, 0) is 54.0 Å². The lowest BCUT2D eigenvalue weighted by Crippen LogP contribution is -2.58. The van der Waals surface area contributed by atoms with E-state index in [0.717, 1.165) is 25.9 Å². The molecule has 3 atom stereocenters. The Bertz CT molecular complexity index is 568. The van der Waals surface area contributed by atoms with Gasteiger partial charge in [-0.3, -0.25) is 4.90 Å². The molecule has 1 N–H and O–H groups in total. The number of fused-ring (bicyclic) bond motifs is 4. The topological polar surface area (TPSA) is 47.3 Å². The van der Waals surface area contributed by atoms with E-state index in [1.54, 1.807) is 6.07 Å². The SMILES string of the molecule is Br.C[C@H]1C2Cc3ccc(O)cc3C1(C)CCN2CCC#N. The summed E-state index contributed by atoms with van der Waals surface area (Å²) in [5.74, 6) is 0.937. The number of phenols is 1. The molecule has 21 heavy (non-hydrogen) atoms. The van der Waals surface area contributed by atoms with E-state index in [2.05, 4.69) is 30.9 Å². The van der Waals surface area contributed by atoms with Gasteiger partial charge in [0.05, 0.1) is 6.07 Å². The van der Waals surface area contributed by atoms with E-state index in [9.17, 15) is 5.11 Å². The van der Waals surface area contributed by atoms with Crippen LogP contribution in [-0.4, -0.2) is 29.1 Å². The number of nitriles is 1. The lowest BCUT2D eigenvalue weighted by molar-refractivity contribution is 0.0329. The number of aromatic hydroxyl groups is 1. The molecular formula is C17H23BrN2O. The Kier molecular flexibility index (Phi) is 4.65. The highest BCUT2D eigenvalue weighted by atomic mass is 79.9. The van der Waals surface area contributed by atoms with Crippen molar-refractivity contribution >= 4 is 17.0 Å². The Morgan fingerprint density at radius 1 is 1.48 bits per heavy atom. The van der Waals surface area contributed by atoms with Crippen molar-refractivity contribution in [2.75, 3.05) is 13.1 Å². The molecular weight excluding hydrogens is 328 g/mol. The molecule has 1 aliphatic carbocycles. The van der Waals surface area contributed by atoms with E-state index in [1.807, 2.05) is 6.07 Å². The van der Waals surface area contributed by atoms with E-state index < -0.39 is 0 Å². The summed E-state index contributed by atoms with van der Waals surface area (Å²) in [6, 6.07) is 8.64.